The average molecular weight is 280 g/mol. The van der Waals surface area contributed by atoms with E-state index in [1.54, 1.807) is 24.3 Å². The third kappa shape index (κ3) is 2.48. The highest BCUT2D eigenvalue weighted by Crippen LogP contribution is 2.40. The molecule has 90 valence electrons. The van der Waals surface area contributed by atoms with Crippen molar-refractivity contribution in [2.24, 2.45) is 0 Å². The molecule has 0 atom stereocenters. The highest BCUT2D eigenvalue weighted by atomic mass is 35.5. The smallest absolute Gasteiger partial charge is 0.168 e. The van der Waals surface area contributed by atoms with Crippen LogP contribution in [-0.4, -0.2) is 0 Å². The minimum absolute atomic E-state index is 0.345. The molecule has 0 aliphatic heterocycles. The number of hydrogen-bond donors (Lipinski definition) is 0. The molecule has 0 aromatic heterocycles. The van der Waals surface area contributed by atoms with E-state index in [1.807, 2.05) is 6.07 Å². The normalized spacial score (nSPS) is 11.0. The number of halogens is 3. The van der Waals surface area contributed by atoms with Crippen LogP contribution in [0.3, 0.4) is 0 Å². The lowest BCUT2D eigenvalue weighted by Crippen LogP contribution is -2.12. The molecular weight excluding hydrogens is 272 g/mol. The van der Waals surface area contributed by atoms with Crippen molar-refractivity contribution >= 4 is 23.2 Å². The molecule has 0 aliphatic carbocycles. The molecule has 0 bridgehead atoms. The van der Waals surface area contributed by atoms with E-state index in [-0.39, 0.29) is 5.82 Å². The fraction of sp³-hybridized carbons (Fsp3) is 0.0714. The Morgan fingerprint density at radius 2 is 1.33 bits per heavy atom. The van der Waals surface area contributed by atoms with Crippen molar-refractivity contribution in [2.45, 2.75) is 4.33 Å². The third-order valence-corrected chi connectivity index (χ3v) is 3.46. The number of nitriles is 1. The van der Waals surface area contributed by atoms with E-state index in [0.717, 1.165) is 0 Å². The SMILES string of the molecule is N#Cc1ccc(C(Cl)(Cl)c2ccc(F)cc2)cc1. The molecule has 2 rings (SSSR count). The Bertz CT molecular complexity index is 583. The number of alkyl halides is 2. The molecule has 0 saturated carbocycles. The van der Waals surface area contributed by atoms with Gasteiger partial charge in [-0.1, -0.05) is 47.5 Å². The molecule has 0 spiro atoms. The zero-order chi connectivity index (χ0) is 13.2. The van der Waals surface area contributed by atoms with Crippen molar-refractivity contribution in [1.29, 1.82) is 5.26 Å². The Morgan fingerprint density at radius 1 is 0.889 bits per heavy atom. The van der Waals surface area contributed by atoms with Gasteiger partial charge in [-0.05, 0) is 35.4 Å². The van der Waals surface area contributed by atoms with Gasteiger partial charge in [-0.15, -0.1) is 0 Å². The second-order valence-corrected chi connectivity index (χ2v) is 5.10. The Balaban J connectivity index is 2.40. The summed E-state index contributed by atoms with van der Waals surface area (Å²) in [4.78, 5) is 0. The first kappa shape index (κ1) is 12.9. The monoisotopic (exact) mass is 279 g/mol. The first-order valence-corrected chi connectivity index (χ1v) is 5.94. The van der Waals surface area contributed by atoms with Crippen LogP contribution in [0.4, 0.5) is 4.39 Å². The van der Waals surface area contributed by atoms with Gasteiger partial charge in [0.05, 0.1) is 11.6 Å². The summed E-state index contributed by atoms with van der Waals surface area (Å²) in [7, 11) is 0. The van der Waals surface area contributed by atoms with Crippen LogP contribution in [0.1, 0.15) is 16.7 Å². The summed E-state index contributed by atoms with van der Waals surface area (Å²) in [5.41, 5.74) is 1.75. The van der Waals surface area contributed by atoms with Crippen LogP contribution in [-0.2, 0) is 4.33 Å². The Hall–Kier alpha value is -1.56. The van der Waals surface area contributed by atoms with Gasteiger partial charge in [-0.3, -0.25) is 0 Å². The molecule has 18 heavy (non-hydrogen) atoms. The topological polar surface area (TPSA) is 23.8 Å². The molecule has 4 heteroatoms. The molecule has 0 radical (unpaired) electrons. The van der Waals surface area contributed by atoms with Gasteiger partial charge in [-0.25, -0.2) is 4.39 Å². The molecule has 0 amide bonds. The van der Waals surface area contributed by atoms with E-state index in [1.165, 1.54) is 24.3 Å². The molecule has 0 N–H and O–H groups in total. The van der Waals surface area contributed by atoms with E-state index in [0.29, 0.717) is 16.7 Å². The van der Waals surface area contributed by atoms with Crippen LogP contribution >= 0.6 is 23.2 Å². The van der Waals surface area contributed by atoms with Gasteiger partial charge in [0.2, 0.25) is 0 Å². The van der Waals surface area contributed by atoms with Gasteiger partial charge in [0.25, 0.3) is 0 Å². The fourth-order valence-electron chi connectivity index (χ4n) is 1.58. The zero-order valence-corrected chi connectivity index (χ0v) is 10.7. The molecule has 0 aliphatic rings. The van der Waals surface area contributed by atoms with Gasteiger partial charge in [0.1, 0.15) is 5.82 Å². The van der Waals surface area contributed by atoms with E-state index >= 15 is 0 Å². The van der Waals surface area contributed by atoms with E-state index in [9.17, 15) is 4.39 Å². The number of rotatable bonds is 2. The quantitative estimate of drug-likeness (QED) is 0.749. The maximum Gasteiger partial charge on any atom is 0.168 e. The summed E-state index contributed by atoms with van der Waals surface area (Å²) in [5.74, 6) is -0.345. The Labute approximate surface area is 114 Å². The third-order valence-electron chi connectivity index (χ3n) is 2.58. The lowest BCUT2D eigenvalue weighted by molar-refractivity contribution is 0.627. The molecular formula is C14H8Cl2FN. The summed E-state index contributed by atoms with van der Waals surface area (Å²) in [6.45, 7) is 0. The van der Waals surface area contributed by atoms with Gasteiger partial charge in [-0.2, -0.15) is 5.26 Å². The zero-order valence-electron chi connectivity index (χ0n) is 9.20. The van der Waals surface area contributed by atoms with E-state index in [4.69, 9.17) is 28.5 Å². The van der Waals surface area contributed by atoms with Crippen molar-refractivity contribution in [1.82, 2.24) is 0 Å². The number of benzene rings is 2. The van der Waals surface area contributed by atoms with Crippen LogP contribution in [0.25, 0.3) is 0 Å². The first-order chi connectivity index (χ1) is 8.54. The standard InChI is InChI=1S/C14H8Cl2FN/c15-14(16,12-5-7-13(17)8-6-12)11-3-1-10(9-18)2-4-11/h1-8H. The highest BCUT2D eigenvalue weighted by Gasteiger charge is 2.28. The van der Waals surface area contributed by atoms with E-state index in [2.05, 4.69) is 0 Å². The molecule has 1 nitrogen and oxygen atoms in total. The van der Waals surface area contributed by atoms with Crippen LogP contribution < -0.4 is 0 Å². The van der Waals surface area contributed by atoms with Crippen molar-refractivity contribution in [3.05, 3.63) is 71.0 Å². The summed E-state index contributed by atoms with van der Waals surface area (Å²) in [5, 5.41) is 8.72. The second-order valence-electron chi connectivity index (χ2n) is 3.77. The summed E-state index contributed by atoms with van der Waals surface area (Å²) >= 11 is 12.6. The van der Waals surface area contributed by atoms with Crippen molar-refractivity contribution < 1.29 is 4.39 Å². The van der Waals surface area contributed by atoms with E-state index < -0.39 is 4.33 Å². The van der Waals surface area contributed by atoms with Gasteiger partial charge < -0.3 is 0 Å². The van der Waals surface area contributed by atoms with Crippen LogP contribution in [0, 0.1) is 17.1 Å². The van der Waals surface area contributed by atoms with Gasteiger partial charge >= 0.3 is 0 Å². The summed E-state index contributed by atoms with van der Waals surface area (Å²) in [6, 6.07) is 14.3. The predicted octanol–water partition coefficient (Wildman–Crippen LogP) is 4.38. The Kier molecular flexibility index (Phi) is 3.56. The maximum atomic E-state index is 12.9. The molecule has 2 aromatic rings. The van der Waals surface area contributed by atoms with Crippen LogP contribution in [0.2, 0.25) is 0 Å². The van der Waals surface area contributed by atoms with Crippen LogP contribution in [0.5, 0.6) is 0 Å². The predicted molar refractivity (Wildman–Crippen MR) is 70.0 cm³/mol. The lowest BCUT2D eigenvalue weighted by Gasteiger charge is -2.20. The lowest BCUT2D eigenvalue weighted by atomic mass is 10.0. The molecule has 0 unspecified atom stereocenters. The highest BCUT2D eigenvalue weighted by molar-refractivity contribution is 6.50. The first-order valence-electron chi connectivity index (χ1n) is 5.18. The van der Waals surface area contributed by atoms with Gasteiger partial charge in [0.15, 0.2) is 4.33 Å². The number of hydrogen-bond acceptors (Lipinski definition) is 1. The summed E-state index contributed by atoms with van der Waals surface area (Å²) in [6.07, 6.45) is 0. The second kappa shape index (κ2) is 4.97. The van der Waals surface area contributed by atoms with Crippen molar-refractivity contribution in [2.75, 3.05) is 0 Å². The minimum Gasteiger partial charge on any atom is -0.207 e. The van der Waals surface area contributed by atoms with Crippen molar-refractivity contribution in [3.8, 4) is 6.07 Å². The number of nitrogens with zero attached hydrogens (tertiary/aromatic N) is 1. The molecule has 0 saturated heterocycles. The molecule has 2 aromatic carbocycles. The Morgan fingerprint density at radius 3 is 1.78 bits per heavy atom. The molecule has 0 fully saturated rings. The van der Waals surface area contributed by atoms with Crippen molar-refractivity contribution in [3.63, 3.8) is 0 Å². The largest absolute Gasteiger partial charge is 0.207 e. The summed E-state index contributed by atoms with van der Waals surface area (Å²) < 4.78 is 11.6. The van der Waals surface area contributed by atoms with Gasteiger partial charge in [0, 0.05) is 0 Å². The van der Waals surface area contributed by atoms with Crippen LogP contribution in [0.15, 0.2) is 48.5 Å². The average Bonchev–Trinajstić information content (AvgIpc) is 2.39. The molecule has 0 heterocycles. The minimum atomic E-state index is -1.26. The maximum absolute atomic E-state index is 12.9. The fourth-order valence-corrected chi connectivity index (χ4v) is 2.08.